The van der Waals surface area contributed by atoms with Crippen molar-refractivity contribution in [3.8, 4) is 0 Å². The molecule has 98 valence electrons. The summed E-state index contributed by atoms with van der Waals surface area (Å²) in [5, 5.41) is 0. The predicted molar refractivity (Wildman–Crippen MR) is 82.6 cm³/mol. The summed E-state index contributed by atoms with van der Waals surface area (Å²) in [5.41, 5.74) is 3.12. The maximum atomic E-state index is 12.2. The summed E-state index contributed by atoms with van der Waals surface area (Å²) < 4.78 is 1.01. The third-order valence-electron chi connectivity index (χ3n) is 3.07. The highest BCUT2D eigenvalue weighted by Gasteiger charge is 2.07. The Hall–Kier alpha value is -1.41. The van der Waals surface area contributed by atoms with E-state index in [-0.39, 0.29) is 5.78 Å². The summed E-state index contributed by atoms with van der Waals surface area (Å²) in [6.45, 7) is 2.16. The molecule has 0 amide bonds. The Morgan fingerprint density at radius 1 is 1.05 bits per heavy atom. The van der Waals surface area contributed by atoms with Gasteiger partial charge in [0.15, 0.2) is 5.78 Å². The van der Waals surface area contributed by atoms with E-state index in [0.717, 1.165) is 28.4 Å². The van der Waals surface area contributed by atoms with Gasteiger partial charge in [-0.3, -0.25) is 4.79 Å². The SMILES string of the molecule is CCCc1ccc(C(=O)Cc2cccc(Br)c2)cc1. The molecule has 0 saturated heterocycles. The number of hydrogen-bond acceptors (Lipinski definition) is 1. The van der Waals surface area contributed by atoms with Crippen molar-refractivity contribution in [2.45, 2.75) is 26.2 Å². The van der Waals surface area contributed by atoms with E-state index < -0.39 is 0 Å². The number of Topliss-reactive ketones (excluding diaryl/α,β-unsaturated/α-hetero) is 1. The van der Waals surface area contributed by atoms with E-state index in [1.807, 2.05) is 36.4 Å². The van der Waals surface area contributed by atoms with E-state index >= 15 is 0 Å². The second kappa shape index (κ2) is 6.67. The fourth-order valence-corrected chi connectivity index (χ4v) is 2.53. The first-order chi connectivity index (χ1) is 9.19. The summed E-state index contributed by atoms with van der Waals surface area (Å²) in [6.07, 6.45) is 2.65. The molecule has 0 fully saturated rings. The van der Waals surface area contributed by atoms with E-state index in [1.54, 1.807) is 0 Å². The molecule has 2 aromatic rings. The van der Waals surface area contributed by atoms with Crippen LogP contribution in [0.25, 0.3) is 0 Å². The average Bonchev–Trinajstić information content (AvgIpc) is 2.40. The lowest BCUT2D eigenvalue weighted by Gasteiger charge is -2.04. The highest BCUT2D eigenvalue weighted by Crippen LogP contribution is 2.14. The first kappa shape index (κ1) is 14.0. The van der Waals surface area contributed by atoms with E-state index in [1.165, 1.54) is 5.56 Å². The van der Waals surface area contributed by atoms with Crippen LogP contribution in [0.2, 0.25) is 0 Å². The lowest BCUT2D eigenvalue weighted by atomic mass is 10.0. The molecule has 0 aliphatic rings. The Kier molecular flexibility index (Phi) is 4.92. The van der Waals surface area contributed by atoms with Gasteiger partial charge >= 0.3 is 0 Å². The summed E-state index contributed by atoms with van der Waals surface area (Å²) in [4.78, 5) is 12.2. The number of carbonyl (C=O) groups excluding carboxylic acids is 1. The van der Waals surface area contributed by atoms with E-state index in [2.05, 4.69) is 35.0 Å². The van der Waals surface area contributed by atoms with Gasteiger partial charge in [0.2, 0.25) is 0 Å². The van der Waals surface area contributed by atoms with Gasteiger partial charge in [-0.2, -0.15) is 0 Å². The quantitative estimate of drug-likeness (QED) is 0.722. The van der Waals surface area contributed by atoms with Gasteiger partial charge in [-0.1, -0.05) is 65.7 Å². The standard InChI is InChI=1S/C17H17BrO/c1-2-4-13-7-9-15(10-8-13)17(19)12-14-5-3-6-16(18)11-14/h3,5-11H,2,4,12H2,1H3. The number of ketones is 1. The van der Waals surface area contributed by atoms with Crippen molar-refractivity contribution in [3.05, 3.63) is 69.7 Å². The maximum absolute atomic E-state index is 12.2. The molecule has 0 aliphatic heterocycles. The molecule has 0 aromatic heterocycles. The number of aryl methyl sites for hydroxylation is 1. The molecule has 0 aliphatic carbocycles. The van der Waals surface area contributed by atoms with E-state index in [4.69, 9.17) is 0 Å². The Balaban J connectivity index is 2.07. The normalized spacial score (nSPS) is 10.4. The number of halogens is 1. The highest BCUT2D eigenvalue weighted by molar-refractivity contribution is 9.10. The van der Waals surface area contributed by atoms with Crippen LogP contribution >= 0.6 is 15.9 Å². The molecule has 0 heterocycles. The molecule has 0 saturated carbocycles. The van der Waals surface area contributed by atoms with Crippen molar-refractivity contribution >= 4 is 21.7 Å². The van der Waals surface area contributed by atoms with Crippen molar-refractivity contribution < 1.29 is 4.79 Å². The molecule has 2 rings (SSSR count). The van der Waals surface area contributed by atoms with Crippen LogP contribution in [0.4, 0.5) is 0 Å². The first-order valence-corrected chi connectivity index (χ1v) is 7.35. The average molecular weight is 317 g/mol. The molecular formula is C17H17BrO. The second-order valence-corrected chi connectivity index (χ2v) is 5.59. The number of benzene rings is 2. The van der Waals surface area contributed by atoms with Gasteiger partial charge < -0.3 is 0 Å². The van der Waals surface area contributed by atoms with Gasteiger partial charge in [0.05, 0.1) is 0 Å². The number of hydrogen-bond donors (Lipinski definition) is 0. The fourth-order valence-electron chi connectivity index (χ4n) is 2.08. The third kappa shape index (κ3) is 4.03. The van der Waals surface area contributed by atoms with Crippen molar-refractivity contribution in [3.63, 3.8) is 0 Å². The Morgan fingerprint density at radius 2 is 1.79 bits per heavy atom. The smallest absolute Gasteiger partial charge is 0.167 e. The zero-order valence-electron chi connectivity index (χ0n) is 11.0. The summed E-state index contributed by atoms with van der Waals surface area (Å²) >= 11 is 3.42. The van der Waals surface area contributed by atoms with Gasteiger partial charge in [0, 0.05) is 16.5 Å². The minimum atomic E-state index is 0.168. The van der Waals surface area contributed by atoms with Crippen LogP contribution in [0.15, 0.2) is 53.0 Å². The number of rotatable bonds is 5. The van der Waals surface area contributed by atoms with Crippen LogP contribution in [0.3, 0.4) is 0 Å². The highest BCUT2D eigenvalue weighted by atomic mass is 79.9. The largest absolute Gasteiger partial charge is 0.294 e. The topological polar surface area (TPSA) is 17.1 Å². The summed E-state index contributed by atoms with van der Waals surface area (Å²) in [6, 6.07) is 15.9. The molecule has 0 atom stereocenters. The second-order valence-electron chi connectivity index (χ2n) is 4.68. The Labute approximate surface area is 122 Å². The van der Waals surface area contributed by atoms with E-state index in [9.17, 15) is 4.79 Å². The summed E-state index contributed by atoms with van der Waals surface area (Å²) in [5.74, 6) is 0.168. The lowest BCUT2D eigenvalue weighted by molar-refractivity contribution is 0.0993. The van der Waals surface area contributed by atoms with Crippen LogP contribution in [-0.2, 0) is 12.8 Å². The van der Waals surface area contributed by atoms with Crippen LogP contribution in [0, 0.1) is 0 Å². The number of carbonyl (C=O) groups is 1. The Bertz CT molecular complexity index is 558. The molecule has 0 spiro atoms. The predicted octanol–water partition coefficient (Wildman–Crippen LogP) is 4.83. The van der Waals surface area contributed by atoms with Crippen molar-refractivity contribution in [2.75, 3.05) is 0 Å². The zero-order chi connectivity index (χ0) is 13.7. The van der Waals surface area contributed by atoms with Gasteiger partial charge in [0.1, 0.15) is 0 Å². The molecule has 0 unspecified atom stereocenters. The zero-order valence-corrected chi connectivity index (χ0v) is 12.6. The van der Waals surface area contributed by atoms with Crippen molar-refractivity contribution in [1.29, 1.82) is 0 Å². The molecule has 0 bridgehead atoms. The first-order valence-electron chi connectivity index (χ1n) is 6.55. The van der Waals surface area contributed by atoms with E-state index in [0.29, 0.717) is 6.42 Å². The molecule has 0 radical (unpaired) electrons. The molecule has 1 nitrogen and oxygen atoms in total. The Morgan fingerprint density at radius 3 is 2.42 bits per heavy atom. The van der Waals surface area contributed by atoms with Gasteiger partial charge in [-0.05, 0) is 29.7 Å². The van der Waals surface area contributed by atoms with Gasteiger partial charge in [0.25, 0.3) is 0 Å². The molecule has 19 heavy (non-hydrogen) atoms. The minimum Gasteiger partial charge on any atom is -0.294 e. The van der Waals surface area contributed by atoms with Crippen molar-refractivity contribution in [1.82, 2.24) is 0 Å². The van der Waals surface area contributed by atoms with Crippen LogP contribution in [-0.4, -0.2) is 5.78 Å². The minimum absolute atomic E-state index is 0.168. The van der Waals surface area contributed by atoms with Gasteiger partial charge in [-0.25, -0.2) is 0 Å². The maximum Gasteiger partial charge on any atom is 0.167 e. The summed E-state index contributed by atoms with van der Waals surface area (Å²) in [7, 11) is 0. The van der Waals surface area contributed by atoms with Crippen molar-refractivity contribution in [2.24, 2.45) is 0 Å². The monoisotopic (exact) mass is 316 g/mol. The van der Waals surface area contributed by atoms with Crippen LogP contribution in [0.5, 0.6) is 0 Å². The third-order valence-corrected chi connectivity index (χ3v) is 3.56. The molecule has 2 heteroatoms. The molecular weight excluding hydrogens is 300 g/mol. The molecule has 2 aromatic carbocycles. The fraction of sp³-hybridized carbons (Fsp3) is 0.235. The lowest BCUT2D eigenvalue weighted by Crippen LogP contribution is -2.03. The molecule has 0 N–H and O–H groups in total. The van der Waals surface area contributed by atoms with Crippen LogP contribution in [0.1, 0.15) is 34.8 Å². The van der Waals surface area contributed by atoms with Gasteiger partial charge in [-0.15, -0.1) is 0 Å². The van der Waals surface area contributed by atoms with Crippen LogP contribution < -0.4 is 0 Å².